The van der Waals surface area contributed by atoms with E-state index in [-0.39, 0.29) is 12.0 Å². The monoisotopic (exact) mass is 450 g/mol. The molecule has 1 saturated heterocycles. The van der Waals surface area contributed by atoms with E-state index in [4.69, 9.17) is 14.8 Å². The fraction of sp³-hybridized carbons (Fsp3) is 0.385. The van der Waals surface area contributed by atoms with Gasteiger partial charge in [0, 0.05) is 31.4 Å². The van der Waals surface area contributed by atoms with Gasteiger partial charge in [-0.1, -0.05) is 25.1 Å². The smallest absolute Gasteiger partial charge is 0.309 e. The van der Waals surface area contributed by atoms with Crippen molar-refractivity contribution in [1.82, 2.24) is 9.88 Å². The molecule has 4 rings (SSSR count). The van der Waals surface area contributed by atoms with Gasteiger partial charge in [-0.15, -0.1) is 11.3 Å². The number of carbonyl (C=O) groups is 1. The Balaban J connectivity index is 1.56. The molecule has 1 fully saturated rings. The Bertz CT molecular complexity index is 1120. The molecular formula is C26H30N2O3S. The highest BCUT2D eigenvalue weighted by atomic mass is 32.1. The summed E-state index contributed by atoms with van der Waals surface area (Å²) in [6, 6.07) is 12.7. The third-order valence-electron chi connectivity index (χ3n) is 5.88. The fourth-order valence-electron chi connectivity index (χ4n) is 4.23. The molecule has 1 aliphatic rings. The van der Waals surface area contributed by atoms with Crippen LogP contribution in [0, 0.1) is 12.8 Å². The molecule has 3 aromatic rings. The third kappa shape index (κ3) is 4.71. The standard InChI is InChI=1S/C26H30N2O3S/c1-5-21-19(13-28-14-20(15-28)26(29)30)7-6-8-22(21)24-12-27-25(32-24)18-9-10-23(17(4)11-18)31-16(2)3/h6-12,16,20H,5,13-15H2,1-4H3,(H,29,30). The number of nitrogens with zero attached hydrogens (tertiary/aromatic N) is 2. The van der Waals surface area contributed by atoms with Gasteiger partial charge in [0.1, 0.15) is 10.8 Å². The summed E-state index contributed by atoms with van der Waals surface area (Å²) in [5.74, 6) is -0.00679. The van der Waals surface area contributed by atoms with Gasteiger partial charge in [-0.25, -0.2) is 4.98 Å². The lowest BCUT2D eigenvalue weighted by Crippen LogP contribution is -2.49. The van der Waals surface area contributed by atoms with Crippen LogP contribution in [0.15, 0.2) is 42.6 Å². The highest BCUT2D eigenvalue weighted by Crippen LogP contribution is 2.37. The van der Waals surface area contributed by atoms with Gasteiger partial charge < -0.3 is 9.84 Å². The van der Waals surface area contributed by atoms with Crippen LogP contribution in [0.5, 0.6) is 5.75 Å². The molecule has 0 radical (unpaired) electrons. The molecular weight excluding hydrogens is 420 g/mol. The lowest BCUT2D eigenvalue weighted by molar-refractivity contribution is -0.147. The van der Waals surface area contributed by atoms with E-state index >= 15 is 0 Å². The van der Waals surface area contributed by atoms with Crippen molar-refractivity contribution in [3.05, 3.63) is 59.3 Å². The first-order valence-electron chi connectivity index (χ1n) is 11.2. The average Bonchev–Trinajstić information content (AvgIpc) is 3.21. The molecule has 2 heterocycles. The molecule has 2 aromatic carbocycles. The van der Waals surface area contributed by atoms with Crippen LogP contribution in [-0.2, 0) is 17.8 Å². The maximum absolute atomic E-state index is 11.1. The summed E-state index contributed by atoms with van der Waals surface area (Å²) >= 11 is 1.71. The molecule has 0 aliphatic carbocycles. The van der Waals surface area contributed by atoms with Crippen molar-refractivity contribution >= 4 is 17.3 Å². The van der Waals surface area contributed by atoms with E-state index in [1.165, 1.54) is 16.7 Å². The van der Waals surface area contributed by atoms with E-state index in [1.807, 2.05) is 26.1 Å². The second kappa shape index (κ2) is 9.43. The number of aryl methyl sites for hydroxylation is 1. The Kier molecular flexibility index (Phi) is 6.63. The largest absolute Gasteiger partial charge is 0.491 e. The van der Waals surface area contributed by atoms with Crippen molar-refractivity contribution < 1.29 is 14.6 Å². The van der Waals surface area contributed by atoms with Crippen LogP contribution in [0.25, 0.3) is 21.0 Å². The van der Waals surface area contributed by atoms with Gasteiger partial charge in [0.15, 0.2) is 0 Å². The normalized spacial score (nSPS) is 14.5. The van der Waals surface area contributed by atoms with Crippen molar-refractivity contribution in [2.45, 2.75) is 46.8 Å². The Labute approximate surface area is 193 Å². The lowest BCUT2D eigenvalue weighted by Gasteiger charge is -2.37. The zero-order chi connectivity index (χ0) is 22.8. The molecule has 5 nitrogen and oxygen atoms in total. The van der Waals surface area contributed by atoms with E-state index in [0.29, 0.717) is 13.1 Å². The summed E-state index contributed by atoms with van der Waals surface area (Å²) in [6.45, 7) is 10.4. The maximum atomic E-state index is 11.1. The van der Waals surface area contributed by atoms with Gasteiger partial charge in [-0.2, -0.15) is 0 Å². The molecule has 0 unspecified atom stereocenters. The van der Waals surface area contributed by atoms with Gasteiger partial charge in [-0.05, 0) is 67.6 Å². The maximum Gasteiger partial charge on any atom is 0.309 e. The first-order chi connectivity index (χ1) is 15.4. The number of ether oxygens (including phenoxy) is 1. The Morgan fingerprint density at radius 1 is 1.28 bits per heavy atom. The lowest BCUT2D eigenvalue weighted by atomic mass is 9.94. The van der Waals surface area contributed by atoms with Gasteiger partial charge in [0.25, 0.3) is 0 Å². The summed E-state index contributed by atoms with van der Waals surface area (Å²) in [5, 5.41) is 10.1. The minimum atomic E-state index is -0.693. The molecule has 1 aromatic heterocycles. The number of rotatable bonds is 8. The molecule has 0 amide bonds. The van der Waals surface area contributed by atoms with E-state index in [1.54, 1.807) is 11.3 Å². The van der Waals surface area contributed by atoms with Gasteiger partial charge in [0.2, 0.25) is 0 Å². The predicted octanol–water partition coefficient (Wildman–Crippen LogP) is 5.65. The van der Waals surface area contributed by atoms with Crippen LogP contribution in [-0.4, -0.2) is 40.2 Å². The third-order valence-corrected chi connectivity index (χ3v) is 6.96. The number of benzene rings is 2. The SMILES string of the molecule is CCc1c(CN2CC(C(=O)O)C2)cccc1-c1cnc(-c2ccc(OC(C)C)c(C)c2)s1. The predicted molar refractivity (Wildman–Crippen MR) is 129 cm³/mol. The van der Waals surface area contributed by atoms with Crippen LogP contribution >= 0.6 is 11.3 Å². The van der Waals surface area contributed by atoms with Gasteiger partial charge in [0.05, 0.1) is 16.9 Å². The first kappa shape index (κ1) is 22.5. The van der Waals surface area contributed by atoms with Crippen molar-refractivity contribution in [3.8, 4) is 26.8 Å². The molecule has 0 atom stereocenters. The van der Waals surface area contributed by atoms with E-state index < -0.39 is 5.97 Å². The van der Waals surface area contributed by atoms with E-state index in [9.17, 15) is 4.79 Å². The van der Waals surface area contributed by atoms with Crippen molar-refractivity contribution in [3.63, 3.8) is 0 Å². The van der Waals surface area contributed by atoms with E-state index in [2.05, 4.69) is 49.1 Å². The second-order valence-electron chi connectivity index (χ2n) is 8.70. The van der Waals surface area contributed by atoms with Crippen LogP contribution < -0.4 is 4.74 Å². The number of likely N-dealkylation sites (tertiary alicyclic amines) is 1. The first-order valence-corrected chi connectivity index (χ1v) is 12.0. The summed E-state index contributed by atoms with van der Waals surface area (Å²) in [5.41, 5.74) is 6.02. The summed E-state index contributed by atoms with van der Waals surface area (Å²) in [7, 11) is 0. The molecule has 6 heteroatoms. The zero-order valence-corrected chi connectivity index (χ0v) is 19.9. The highest BCUT2D eigenvalue weighted by molar-refractivity contribution is 7.18. The van der Waals surface area contributed by atoms with Crippen LogP contribution in [0.1, 0.15) is 37.5 Å². The number of aliphatic carboxylic acids is 1. The number of carboxylic acid groups (broad SMARTS) is 1. The van der Waals surface area contributed by atoms with Crippen molar-refractivity contribution in [2.75, 3.05) is 13.1 Å². The molecule has 168 valence electrons. The molecule has 0 bridgehead atoms. The number of thiazole rings is 1. The topological polar surface area (TPSA) is 62.7 Å². The van der Waals surface area contributed by atoms with Gasteiger partial charge in [-0.3, -0.25) is 9.69 Å². The summed E-state index contributed by atoms with van der Waals surface area (Å²) < 4.78 is 5.87. The zero-order valence-electron chi connectivity index (χ0n) is 19.1. The molecule has 0 spiro atoms. The summed E-state index contributed by atoms with van der Waals surface area (Å²) in [4.78, 5) is 19.2. The molecule has 32 heavy (non-hydrogen) atoms. The number of hydrogen-bond donors (Lipinski definition) is 1. The van der Waals surface area contributed by atoms with Crippen LogP contribution in [0.3, 0.4) is 0 Å². The summed E-state index contributed by atoms with van der Waals surface area (Å²) in [6.07, 6.45) is 3.04. The number of hydrogen-bond acceptors (Lipinski definition) is 5. The second-order valence-corrected chi connectivity index (χ2v) is 9.73. The van der Waals surface area contributed by atoms with Crippen LogP contribution in [0.4, 0.5) is 0 Å². The molecule has 1 N–H and O–H groups in total. The average molecular weight is 451 g/mol. The molecule has 0 saturated carbocycles. The minimum Gasteiger partial charge on any atom is -0.491 e. The molecule has 1 aliphatic heterocycles. The van der Waals surface area contributed by atoms with Crippen LogP contribution in [0.2, 0.25) is 0 Å². The van der Waals surface area contributed by atoms with E-state index in [0.717, 1.165) is 39.7 Å². The van der Waals surface area contributed by atoms with Crippen molar-refractivity contribution in [1.29, 1.82) is 0 Å². The Morgan fingerprint density at radius 2 is 2.06 bits per heavy atom. The van der Waals surface area contributed by atoms with Crippen molar-refractivity contribution in [2.24, 2.45) is 5.92 Å². The quantitative estimate of drug-likeness (QED) is 0.480. The number of aromatic nitrogens is 1. The minimum absolute atomic E-state index is 0.150. The van der Waals surface area contributed by atoms with Gasteiger partial charge >= 0.3 is 5.97 Å². The Morgan fingerprint density at radius 3 is 2.72 bits per heavy atom. The Hall–Kier alpha value is -2.70. The highest BCUT2D eigenvalue weighted by Gasteiger charge is 2.32. The number of carboxylic acids is 1. The fourth-order valence-corrected chi connectivity index (χ4v) is 5.19.